The van der Waals surface area contributed by atoms with Crippen LogP contribution in [0.15, 0.2) is 0 Å². The zero-order valence-corrected chi connectivity index (χ0v) is 5.54. The van der Waals surface area contributed by atoms with Gasteiger partial charge in [0.25, 0.3) is 0 Å². The molecule has 0 radical (unpaired) electrons. The van der Waals surface area contributed by atoms with Gasteiger partial charge < -0.3 is 15.9 Å². The van der Waals surface area contributed by atoms with Gasteiger partial charge in [-0.3, -0.25) is 5.32 Å². The van der Waals surface area contributed by atoms with Gasteiger partial charge in [0.1, 0.15) is 6.17 Å². The highest BCUT2D eigenvalue weighted by atomic mass is 16.5. The molecule has 5 N–H and O–H groups in total. The van der Waals surface area contributed by atoms with E-state index in [2.05, 4.69) is 5.32 Å². The third-order valence-corrected chi connectivity index (χ3v) is 0.951. The molecule has 0 aliphatic heterocycles. The van der Waals surface area contributed by atoms with E-state index in [-0.39, 0.29) is 0 Å². The average molecular weight is 134 g/mol. The number of nitrogens with one attached hydrogen (secondary N) is 1. The molecule has 0 aliphatic rings. The summed E-state index contributed by atoms with van der Waals surface area (Å²) in [6, 6.07) is 0. The molecule has 4 heteroatoms. The molecule has 9 heavy (non-hydrogen) atoms. The van der Waals surface area contributed by atoms with E-state index in [1.165, 1.54) is 0 Å². The maximum atomic E-state index is 8.42. The standard InChI is InChI=1S/C5H14N2O2/c1-2-3-7-4(6)5(8)9/h4-5,7-9H,2-3,6H2,1H3. The van der Waals surface area contributed by atoms with E-state index in [4.69, 9.17) is 15.9 Å². The predicted molar refractivity (Wildman–Crippen MR) is 34.5 cm³/mol. The highest BCUT2D eigenvalue weighted by Crippen LogP contribution is 1.79. The van der Waals surface area contributed by atoms with E-state index in [9.17, 15) is 0 Å². The Kier molecular flexibility index (Phi) is 4.61. The Bertz CT molecular complexity index is 68.0. The van der Waals surface area contributed by atoms with Crippen molar-refractivity contribution in [1.82, 2.24) is 5.32 Å². The van der Waals surface area contributed by atoms with Gasteiger partial charge >= 0.3 is 0 Å². The lowest BCUT2D eigenvalue weighted by Crippen LogP contribution is -2.47. The molecule has 0 fully saturated rings. The zero-order valence-electron chi connectivity index (χ0n) is 5.54. The number of hydrogen-bond acceptors (Lipinski definition) is 4. The van der Waals surface area contributed by atoms with Crippen molar-refractivity contribution in [3.05, 3.63) is 0 Å². The van der Waals surface area contributed by atoms with Gasteiger partial charge in [-0.25, -0.2) is 0 Å². The summed E-state index contributed by atoms with van der Waals surface area (Å²) in [5.41, 5.74) is 5.19. The van der Waals surface area contributed by atoms with Crippen LogP contribution in [0.4, 0.5) is 0 Å². The number of aliphatic hydroxyl groups excluding tert-OH is 1. The molecule has 0 aromatic carbocycles. The number of aliphatic hydroxyl groups is 2. The van der Waals surface area contributed by atoms with Crippen molar-refractivity contribution in [2.75, 3.05) is 6.54 Å². The van der Waals surface area contributed by atoms with Gasteiger partial charge in [0.05, 0.1) is 0 Å². The molecule has 0 aliphatic carbocycles. The summed E-state index contributed by atoms with van der Waals surface area (Å²) in [7, 11) is 0. The quantitative estimate of drug-likeness (QED) is 0.356. The van der Waals surface area contributed by atoms with Crippen molar-refractivity contribution in [2.24, 2.45) is 5.73 Å². The summed E-state index contributed by atoms with van der Waals surface area (Å²) in [5, 5.41) is 19.5. The van der Waals surface area contributed by atoms with Crippen molar-refractivity contribution in [2.45, 2.75) is 25.8 Å². The summed E-state index contributed by atoms with van der Waals surface area (Å²) >= 11 is 0. The summed E-state index contributed by atoms with van der Waals surface area (Å²) in [4.78, 5) is 0. The predicted octanol–water partition coefficient (Wildman–Crippen LogP) is -1.42. The normalized spacial score (nSPS) is 14.3. The fourth-order valence-electron chi connectivity index (χ4n) is 0.416. The van der Waals surface area contributed by atoms with E-state index in [0.29, 0.717) is 6.54 Å². The van der Waals surface area contributed by atoms with Crippen LogP contribution in [0.25, 0.3) is 0 Å². The molecule has 1 unspecified atom stereocenters. The molecule has 56 valence electrons. The Morgan fingerprint density at radius 3 is 2.44 bits per heavy atom. The monoisotopic (exact) mass is 134 g/mol. The zero-order chi connectivity index (χ0) is 7.28. The van der Waals surface area contributed by atoms with Crippen molar-refractivity contribution >= 4 is 0 Å². The van der Waals surface area contributed by atoms with Crippen LogP contribution >= 0.6 is 0 Å². The Hall–Kier alpha value is -0.160. The van der Waals surface area contributed by atoms with Crippen LogP contribution in [0.1, 0.15) is 13.3 Å². The van der Waals surface area contributed by atoms with Crippen molar-refractivity contribution in [1.29, 1.82) is 0 Å². The molecule has 0 amide bonds. The first-order valence-corrected chi connectivity index (χ1v) is 3.03. The number of nitrogens with two attached hydrogens (primary N) is 1. The molecule has 1 atom stereocenters. The first kappa shape index (κ1) is 8.84. The molecular weight excluding hydrogens is 120 g/mol. The second kappa shape index (κ2) is 4.69. The van der Waals surface area contributed by atoms with Crippen LogP contribution in [0.3, 0.4) is 0 Å². The van der Waals surface area contributed by atoms with Crippen LogP contribution in [0.5, 0.6) is 0 Å². The van der Waals surface area contributed by atoms with Crippen LogP contribution in [-0.4, -0.2) is 29.2 Å². The summed E-state index contributed by atoms with van der Waals surface area (Å²) in [6.07, 6.45) is -1.25. The van der Waals surface area contributed by atoms with Crippen molar-refractivity contribution in [3.8, 4) is 0 Å². The van der Waals surface area contributed by atoms with E-state index in [1.807, 2.05) is 6.92 Å². The Morgan fingerprint density at radius 2 is 2.11 bits per heavy atom. The Morgan fingerprint density at radius 1 is 1.56 bits per heavy atom. The van der Waals surface area contributed by atoms with E-state index >= 15 is 0 Å². The lowest BCUT2D eigenvalue weighted by Gasteiger charge is -2.13. The Balaban J connectivity index is 3.16. The molecule has 0 saturated heterocycles. The largest absolute Gasteiger partial charge is 0.366 e. The topological polar surface area (TPSA) is 78.5 Å². The van der Waals surface area contributed by atoms with Gasteiger partial charge in [-0.05, 0) is 13.0 Å². The van der Waals surface area contributed by atoms with Crippen LogP contribution in [-0.2, 0) is 0 Å². The van der Waals surface area contributed by atoms with E-state index < -0.39 is 12.5 Å². The average Bonchev–Trinajstić information content (AvgIpc) is 1.82. The fraction of sp³-hybridized carbons (Fsp3) is 1.00. The van der Waals surface area contributed by atoms with E-state index in [1.54, 1.807) is 0 Å². The third kappa shape index (κ3) is 4.35. The second-order valence-electron chi connectivity index (χ2n) is 1.89. The minimum Gasteiger partial charge on any atom is -0.366 e. The minimum atomic E-state index is -1.46. The third-order valence-electron chi connectivity index (χ3n) is 0.951. The van der Waals surface area contributed by atoms with Crippen molar-refractivity contribution in [3.63, 3.8) is 0 Å². The highest BCUT2D eigenvalue weighted by Gasteiger charge is 2.07. The molecule has 0 bridgehead atoms. The van der Waals surface area contributed by atoms with Crippen molar-refractivity contribution < 1.29 is 10.2 Å². The summed E-state index contributed by atoms with van der Waals surface area (Å²) in [6.45, 7) is 2.68. The second-order valence-corrected chi connectivity index (χ2v) is 1.89. The molecule has 0 rings (SSSR count). The first-order valence-electron chi connectivity index (χ1n) is 3.03. The Labute approximate surface area is 54.7 Å². The van der Waals surface area contributed by atoms with Gasteiger partial charge in [-0.2, -0.15) is 0 Å². The summed E-state index contributed by atoms with van der Waals surface area (Å²) < 4.78 is 0. The van der Waals surface area contributed by atoms with Gasteiger partial charge in [0.2, 0.25) is 0 Å². The SMILES string of the molecule is CCCNC(N)C(O)O. The molecule has 0 saturated carbocycles. The lowest BCUT2D eigenvalue weighted by atomic mass is 10.4. The van der Waals surface area contributed by atoms with E-state index in [0.717, 1.165) is 6.42 Å². The minimum absolute atomic E-state index is 0.707. The molecule has 4 nitrogen and oxygen atoms in total. The van der Waals surface area contributed by atoms with Gasteiger partial charge in [0.15, 0.2) is 6.29 Å². The maximum absolute atomic E-state index is 8.42. The molecule has 0 aromatic heterocycles. The first-order chi connectivity index (χ1) is 4.18. The number of rotatable bonds is 4. The molecule has 0 aromatic rings. The van der Waals surface area contributed by atoms with Gasteiger partial charge in [-0.1, -0.05) is 6.92 Å². The smallest absolute Gasteiger partial charge is 0.180 e. The fourth-order valence-corrected chi connectivity index (χ4v) is 0.416. The highest BCUT2D eigenvalue weighted by molar-refractivity contribution is 4.58. The van der Waals surface area contributed by atoms with Crippen LogP contribution in [0, 0.1) is 0 Å². The summed E-state index contributed by atoms with van der Waals surface area (Å²) in [5.74, 6) is 0. The molecular formula is C5H14N2O2. The van der Waals surface area contributed by atoms with Crippen LogP contribution in [0.2, 0.25) is 0 Å². The molecule has 0 spiro atoms. The lowest BCUT2D eigenvalue weighted by molar-refractivity contribution is -0.0653. The van der Waals surface area contributed by atoms with Crippen LogP contribution < -0.4 is 11.1 Å². The maximum Gasteiger partial charge on any atom is 0.180 e. The van der Waals surface area contributed by atoms with Gasteiger partial charge in [-0.15, -0.1) is 0 Å². The van der Waals surface area contributed by atoms with Gasteiger partial charge in [0, 0.05) is 0 Å². The molecule has 0 heterocycles. The number of hydrogen-bond donors (Lipinski definition) is 4.